The van der Waals surface area contributed by atoms with Gasteiger partial charge in [-0.1, -0.05) is 11.6 Å². The molecule has 0 aliphatic heterocycles. The molecule has 1 N–H and O–H groups in total. The Kier molecular flexibility index (Phi) is 5.47. The Bertz CT molecular complexity index is 599. The molecule has 0 saturated carbocycles. The molecule has 0 bridgehead atoms. The number of nitrogens with one attached hydrogen (secondary N) is 1. The molecule has 1 aromatic carbocycles. The van der Waals surface area contributed by atoms with Crippen LogP contribution in [0.15, 0.2) is 24.5 Å². The Labute approximate surface area is 129 Å². The summed E-state index contributed by atoms with van der Waals surface area (Å²) in [6.45, 7) is 1.19. The second-order valence-corrected chi connectivity index (χ2v) is 5.12. The minimum atomic E-state index is 0.527. The highest BCUT2D eigenvalue weighted by molar-refractivity contribution is 6.30. The summed E-state index contributed by atoms with van der Waals surface area (Å²) in [5.74, 6) is 2.36. The summed E-state index contributed by atoms with van der Waals surface area (Å²) in [5, 5.41) is 3.74. The fraction of sp³-hybridized carbons (Fsp3) is 0.400. The van der Waals surface area contributed by atoms with Gasteiger partial charge in [-0.15, -0.1) is 0 Å². The van der Waals surface area contributed by atoms with Crippen molar-refractivity contribution in [2.75, 3.05) is 20.8 Å². The van der Waals surface area contributed by atoms with E-state index >= 15 is 0 Å². The van der Waals surface area contributed by atoms with E-state index in [1.54, 1.807) is 19.4 Å². The van der Waals surface area contributed by atoms with Crippen molar-refractivity contribution in [1.82, 2.24) is 14.9 Å². The van der Waals surface area contributed by atoms with Crippen LogP contribution in [0.25, 0.3) is 0 Å². The number of hydrogen-bond donors (Lipinski definition) is 1. The maximum atomic E-state index is 6.10. The zero-order valence-corrected chi connectivity index (χ0v) is 13.3. The van der Waals surface area contributed by atoms with Crippen LogP contribution in [0.3, 0.4) is 0 Å². The summed E-state index contributed by atoms with van der Waals surface area (Å²) in [6.07, 6.45) is 4.43. The molecule has 1 aromatic heterocycles. The van der Waals surface area contributed by atoms with Crippen LogP contribution in [0, 0.1) is 0 Å². The third-order valence-corrected chi connectivity index (χ3v) is 3.39. The molecule has 0 aliphatic carbocycles. The number of ether oxygens (including phenoxy) is 2. The van der Waals surface area contributed by atoms with Crippen molar-refractivity contribution in [3.63, 3.8) is 0 Å². The second kappa shape index (κ2) is 7.33. The highest BCUT2D eigenvalue weighted by atomic mass is 35.5. The van der Waals surface area contributed by atoms with Gasteiger partial charge in [0, 0.05) is 49.1 Å². The van der Waals surface area contributed by atoms with Gasteiger partial charge in [0.25, 0.3) is 0 Å². The van der Waals surface area contributed by atoms with E-state index in [0.717, 1.165) is 23.6 Å². The lowest BCUT2D eigenvalue weighted by atomic mass is 10.2. The molecule has 21 heavy (non-hydrogen) atoms. The maximum absolute atomic E-state index is 6.10. The van der Waals surface area contributed by atoms with E-state index in [9.17, 15) is 0 Å². The Morgan fingerprint density at radius 2 is 2.19 bits per heavy atom. The third kappa shape index (κ3) is 3.89. The number of benzene rings is 1. The minimum Gasteiger partial charge on any atom is -0.493 e. The molecule has 0 unspecified atom stereocenters. The van der Waals surface area contributed by atoms with Crippen LogP contribution in [0.1, 0.15) is 11.4 Å². The predicted octanol–water partition coefficient (Wildman–Crippen LogP) is 2.42. The molecule has 0 amide bonds. The lowest BCUT2D eigenvalue weighted by molar-refractivity contribution is 0.291. The van der Waals surface area contributed by atoms with Gasteiger partial charge < -0.3 is 19.4 Å². The Hall–Kier alpha value is -1.72. The van der Waals surface area contributed by atoms with Crippen molar-refractivity contribution in [3.05, 3.63) is 40.9 Å². The molecular weight excluding hydrogens is 290 g/mol. The van der Waals surface area contributed by atoms with E-state index in [1.807, 2.05) is 30.9 Å². The molecule has 0 saturated heterocycles. The number of aryl methyl sites for hydroxylation is 1. The predicted molar refractivity (Wildman–Crippen MR) is 83.2 cm³/mol. The molecule has 0 spiro atoms. The van der Waals surface area contributed by atoms with Crippen molar-refractivity contribution < 1.29 is 9.47 Å². The molecule has 0 atom stereocenters. The maximum Gasteiger partial charge on any atom is 0.165 e. The van der Waals surface area contributed by atoms with Crippen LogP contribution in [0.2, 0.25) is 5.02 Å². The van der Waals surface area contributed by atoms with Gasteiger partial charge >= 0.3 is 0 Å². The van der Waals surface area contributed by atoms with Crippen molar-refractivity contribution in [2.24, 2.45) is 7.05 Å². The lowest BCUT2D eigenvalue weighted by Gasteiger charge is -2.15. The lowest BCUT2D eigenvalue weighted by Crippen LogP contribution is -2.11. The van der Waals surface area contributed by atoms with E-state index in [1.165, 1.54) is 0 Å². The largest absolute Gasteiger partial charge is 0.493 e. The molecule has 5 nitrogen and oxygen atoms in total. The van der Waals surface area contributed by atoms with E-state index in [2.05, 4.69) is 10.3 Å². The standard InChI is InChI=1S/C15H20ClN3O2/c1-17-10-11-8-12(16)9-13(20-3)15(11)21-7-4-14-18-5-6-19(14)2/h5-6,8-9,17H,4,7,10H2,1-3H3. The summed E-state index contributed by atoms with van der Waals surface area (Å²) in [5.41, 5.74) is 0.974. The molecule has 2 aromatic rings. The molecule has 6 heteroatoms. The fourth-order valence-electron chi connectivity index (χ4n) is 2.14. The summed E-state index contributed by atoms with van der Waals surface area (Å²) in [6, 6.07) is 3.65. The molecule has 0 fully saturated rings. The van der Waals surface area contributed by atoms with E-state index in [-0.39, 0.29) is 0 Å². The number of aromatic nitrogens is 2. The smallest absolute Gasteiger partial charge is 0.165 e. The summed E-state index contributed by atoms with van der Waals surface area (Å²) >= 11 is 6.10. The number of rotatable bonds is 7. The summed E-state index contributed by atoms with van der Waals surface area (Å²) in [4.78, 5) is 4.28. The van der Waals surface area contributed by atoms with Gasteiger partial charge in [0.15, 0.2) is 11.5 Å². The molecule has 0 radical (unpaired) electrons. The van der Waals surface area contributed by atoms with Gasteiger partial charge in [0.1, 0.15) is 5.82 Å². The van der Waals surface area contributed by atoms with Gasteiger partial charge in [-0.3, -0.25) is 0 Å². The first-order valence-corrected chi connectivity index (χ1v) is 7.13. The van der Waals surface area contributed by atoms with Crippen LogP contribution < -0.4 is 14.8 Å². The summed E-state index contributed by atoms with van der Waals surface area (Å²) < 4.78 is 13.3. The fourth-order valence-corrected chi connectivity index (χ4v) is 2.37. The van der Waals surface area contributed by atoms with E-state index < -0.39 is 0 Å². The Balaban J connectivity index is 2.12. The number of imidazole rings is 1. The molecular formula is C15H20ClN3O2. The Morgan fingerprint density at radius 1 is 1.38 bits per heavy atom. The van der Waals surface area contributed by atoms with Gasteiger partial charge in [0.2, 0.25) is 0 Å². The number of nitrogens with zero attached hydrogens (tertiary/aromatic N) is 2. The van der Waals surface area contributed by atoms with Crippen molar-refractivity contribution >= 4 is 11.6 Å². The quantitative estimate of drug-likeness (QED) is 0.853. The van der Waals surface area contributed by atoms with Crippen molar-refractivity contribution in [3.8, 4) is 11.5 Å². The van der Waals surface area contributed by atoms with Gasteiger partial charge in [-0.25, -0.2) is 4.98 Å². The van der Waals surface area contributed by atoms with Gasteiger partial charge in [-0.2, -0.15) is 0 Å². The van der Waals surface area contributed by atoms with Crippen LogP contribution in [0.5, 0.6) is 11.5 Å². The topological polar surface area (TPSA) is 48.3 Å². The monoisotopic (exact) mass is 309 g/mol. The van der Waals surface area contributed by atoms with Crippen molar-refractivity contribution in [1.29, 1.82) is 0 Å². The first kappa shape index (κ1) is 15.7. The normalized spacial score (nSPS) is 10.7. The highest BCUT2D eigenvalue weighted by Crippen LogP contribution is 2.34. The third-order valence-electron chi connectivity index (χ3n) is 3.18. The molecule has 1 heterocycles. The second-order valence-electron chi connectivity index (χ2n) is 4.68. The zero-order valence-electron chi connectivity index (χ0n) is 12.5. The molecule has 114 valence electrons. The van der Waals surface area contributed by atoms with E-state index in [4.69, 9.17) is 21.1 Å². The van der Waals surface area contributed by atoms with Crippen LogP contribution in [0.4, 0.5) is 0 Å². The SMILES string of the molecule is CNCc1cc(Cl)cc(OC)c1OCCc1nccn1C. The average Bonchev–Trinajstić information content (AvgIpc) is 2.86. The number of methoxy groups -OCH3 is 1. The Morgan fingerprint density at radius 3 is 2.81 bits per heavy atom. The van der Waals surface area contributed by atoms with Crippen LogP contribution in [-0.4, -0.2) is 30.3 Å². The first-order valence-electron chi connectivity index (χ1n) is 6.75. The van der Waals surface area contributed by atoms with Crippen molar-refractivity contribution in [2.45, 2.75) is 13.0 Å². The van der Waals surface area contributed by atoms with E-state index in [0.29, 0.717) is 23.9 Å². The van der Waals surface area contributed by atoms with Crippen LogP contribution >= 0.6 is 11.6 Å². The molecule has 2 rings (SSSR count). The van der Waals surface area contributed by atoms with Gasteiger partial charge in [0.05, 0.1) is 13.7 Å². The summed E-state index contributed by atoms with van der Waals surface area (Å²) in [7, 11) is 5.46. The number of halogens is 1. The minimum absolute atomic E-state index is 0.527. The number of hydrogen-bond acceptors (Lipinski definition) is 4. The molecule has 0 aliphatic rings. The first-order chi connectivity index (χ1) is 10.2. The zero-order chi connectivity index (χ0) is 15.2. The average molecular weight is 310 g/mol. The van der Waals surface area contributed by atoms with Crippen LogP contribution in [-0.2, 0) is 20.0 Å². The highest BCUT2D eigenvalue weighted by Gasteiger charge is 2.13. The van der Waals surface area contributed by atoms with Gasteiger partial charge in [-0.05, 0) is 13.1 Å².